The quantitative estimate of drug-likeness (QED) is 0.805. The zero-order valence-corrected chi connectivity index (χ0v) is 10.4. The summed E-state index contributed by atoms with van der Waals surface area (Å²) in [6, 6.07) is 3.07. The largest absolute Gasteiger partial charge is 0.573 e. The van der Waals surface area contributed by atoms with Gasteiger partial charge >= 0.3 is 6.36 Å². The Kier molecular flexibility index (Phi) is 4.34. The number of ether oxygens (including phenoxy) is 1. The second kappa shape index (κ2) is 5.36. The predicted molar refractivity (Wildman–Crippen MR) is 57.6 cm³/mol. The van der Waals surface area contributed by atoms with Crippen LogP contribution in [0.4, 0.5) is 13.2 Å². The van der Waals surface area contributed by atoms with E-state index in [-0.39, 0.29) is 17.9 Å². The Morgan fingerprint density at radius 1 is 1.53 bits per heavy atom. The molecule has 0 aliphatic rings. The van der Waals surface area contributed by atoms with Crippen molar-refractivity contribution >= 4 is 15.9 Å². The first kappa shape index (κ1) is 13.8. The zero-order chi connectivity index (χ0) is 13.1. The molecule has 0 aromatic carbocycles. The van der Waals surface area contributed by atoms with Gasteiger partial charge in [0, 0.05) is 5.33 Å². The summed E-state index contributed by atoms with van der Waals surface area (Å²) in [4.78, 5) is 3.97. The van der Waals surface area contributed by atoms with Crippen LogP contribution < -0.4 is 4.74 Å². The van der Waals surface area contributed by atoms with E-state index >= 15 is 0 Å². The average molecular weight is 309 g/mol. The van der Waals surface area contributed by atoms with E-state index in [2.05, 4.69) is 25.7 Å². The number of aromatic nitrogens is 1. The molecular formula is C10H8BrF3N2O. The first-order chi connectivity index (χ1) is 7.87. The summed E-state index contributed by atoms with van der Waals surface area (Å²) < 4.78 is 40.1. The fraction of sp³-hybridized carbons (Fsp3) is 0.400. The van der Waals surface area contributed by atoms with Crippen molar-refractivity contribution in [1.29, 1.82) is 5.26 Å². The summed E-state index contributed by atoms with van der Waals surface area (Å²) in [5.41, 5.74) is 1.10. The monoisotopic (exact) mass is 308 g/mol. The van der Waals surface area contributed by atoms with Gasteiger partial charge in [0.2, 0.25) is 0 Å². The molecule has 0 unspecified atom stereocenters. The van der Waals surface area contributed by atoms with Crippen LogP contribution in [0.1, 0.15) is 17.0 Å². The van der Waals surface area contributed by atoms with Crippen LogP contribution in [0.3, 0.4) is 0 Å². The van der Waals surface area contributed by atoms with Crippen LogP contribution >= 0.6 is 15.9 Å². The average Bonchev–Trinajstić information content (AvgIpc) is 2.21. The summed E-state index contributed by atoms with van der Waals surface area (Å²) in [6.07, 6.45) is -4.77. The number of rotatable bonds is 3. The Labute approximate surface area is 104 Å². The second-order valence-electron chi connectivity index (χ2n) is 3.19. The van der Waals surface area contributed by atoms with E-state index in [1.54, 1.807) is 0 Å². The molecule has 0 N–H and O–H groups in total. The Hall–Kier alpha value is -1.29. The van der Waals surface area contributed by atoms with Crippen molar-refractivity contribution in [3.8, 4) is 11.8 Å². The molecule has 3 nitrogen and oxygen atoms in total. The molecule has 1 aromatic rings. The number of aryl methyl sites for hydroxylation is 1. The van der Waals surface area contributed by atoms with E-state index in [1.807, 2.05) is 6.07 Å². The van der Waals surface area contributed by atoms with Crippen molar-refractivity contribution < 1.29 is 17.9 Å². The molecule has 0 amide bonds. The van der Waals surface area contributed by atoms with E-state index in [0.29, 0.717) is 16.6 Å². The number of pyridine rings is 1. The van der Waals surface area contributed by atoms with Crippen LogP contribution in [-0.4, -0.2) is 11.3 Å². The van der Waals surface area contributed by atoms with Crippen LogP contribution in [0.25, 0.3) is 0 Å². The molecule has 0 spiro atoms. The number of hydrogen-bond donors (Lipinski definition) is 0. The molecule has 1 heterocycles. The normalized spacial score (nSPS) is 11.1. The van der Waals surface area contributed by atoms with Gasteiger partial charge in [-0.15, -0.1) is 13.2 Å². The number of nitrogens with zero attached hydrogens (tertiary/aromatic N) is 2. The van der Waals surface area contributed by atoms with Gasteiger partial charge in [-0.3, -0.25) is 4.98 Å². The first-order valence-corrected chi connectivity index (χ1v) is 5.67. The van der Waals surface area contributed by atoms with Gasteiger partial charge in [0.25, 0.3) is 0 Å². The molecular weight excluding hydrogens is 301 g/mol. The van der Waals surface area contributed by atoms with Crippen molar-refractivity contribution in [2.75, 3.05) is 0 Å². The summed E-state index contributed by atoms with van der Waals surface area (Å²) in [5, 5.41) is 8.95. The molecule has 17 heavy (non-hydrogen) atoms. The molecule has 1 aromatic heterocycles. The summed E-state index contributed by atoms with van der Waals surface area (Å²) >= 11 is 3.16. The highest BCUT2D eigenvalue weighted by Crippen LogP contribution is 2.27. The molecule has 92 valence electrons. The summed E-state index contributed by atoms with van der Waals surface area (Å²) in [7, 11) is 0. The van der Waals surface area contributed by atoms with Crippen molar-refractivity contribution in [3.63, 3.8) is 0 Å². The highest BCUT2D eigenvalue weighted by atomic mass is 79.9. The van der Waals surface area contributed by atoms with E-state index in [0.717, 1.165) is 0 Å². The summed E-state index contributed by atoms with van der Waals surface area (Å²) in [6.45, 7) is 1.42. The molecule has 0 fully saturated rings. The molecule has 0 saturated carbocycles. The van der Waals surface area contributed by atoms with Gasteiger partial charge in [-0.2, -0.15) is 5.26 Å². The van der Waals surface area contributed by atoms with Gasteiger partial charge < -0.3 is 4.74 Å². The number of nitriles is 1. The highest BCUT2D eigenvalue weighted by molar-refractivity contribution is 9.08. The third kappa shape index (κ3) is 3.89. The van der Waals surface area contributed by atoms with E-state index < -0.39 is 6.36 Å². The lowest BCUT2D eigenvalue weighted by atomic mass is 10.1. The van der Waals surface area contributed by atoms with Crippen LogP contribution in [0.5, 0.6) is 5.75 Å². The number of hydrogen-bond acceptors (Lipinski definition) is 3. The lowest BCUT2D eigenvalue weighted by Gasteiger charge is -2.13. The van der Waals surface area contributed by atoms with Gasteiger partial charge in [0.05, 0.1) is 23.9 Å². The standard InChI is InChI=1S/C10H8BrF3N2O/c1-6-9(17-10(12,13)14)4-7(2-3-15)8(5-11)16-6/h4H,2,5H2,1H3. The van der Waals surface area contributed by atoms with Crippen LogP contribution in [0.2, 0.25) is 0 Å². The Morgan fingerprint density at radius 3 is 2.65 bits per heavy atom. The fourth-order valence-corrected chi connectivity index (χ4v) is 1.74. The lowest BCUT2D eigenvalue weighted by molar-refractivity contribution is -0.275. The maximum Gasteiger partial charge on any atom is 0.573 e. The van der Waals surface area contributed by atoms with Gasteiger partial charge in [-0.05, 0) is 18.6 Å². The van der Waals surface area contributed by atoms with Crippen LogP contribution in [0, 0.1) is 18.3 Å². The van der Waals surface area contributed by atoms with Gasteiger partial charge in [0.15, 0.2) is 5.75 Å². The molecule has 0 saturated heterocycles. The molecule has 0 radical (unpaired) electrons. The maximum absolute atomic E-state index is 12.1. The Bertz CT molecular complexity index is 454. The molecule has 7 heteroatoms. The minimum atomic E-state index is -4.76. The molecule has 1 rings (SSSR count). The minimum Gasteiger partial charge on any atom is -0.404 e. The first-order valence-electron chi connectivity index (χ1n) is 4.55. The van der Waals surface area contributed by atoms with Crippen molar-refractivity contribution in [2.24, 2.45) is 0 Å². The highest BCUT2D eigenvalue weighted by Gasteiger charge is 2.32. The third-order valence-electron chi connectivity index (χ3n) is 1.96. The number of alkyl halides is 4. The maximum atomic E-state index is 12.1. The lowest BCUT2D eigenvalue weighted by Crippen LogP contribution is -2.18. The van der Waals surface area contributed by atoms with Crippen LogP contribution in [-0.2, 0) is 11.8 Å². The molecule has 0 aliphatic heterocycles. The van der Waals surface area contributed by atoms with E-state index in [4.69, 9.17) is 5.26 Å². The Balaban J connectivity index is 3.16. The van der Waals surface area contributed by atoms with Gasteiger partial charge in [0.1, 0.15) is 0 Å². The smallest absolute Gasteiger partial charge is 0.404 e. The topological polar surface area (TPSA) is 45.9 Å². The minimum absolute atomic E-state index is 0.0115. The number of halogens is 4. The third-order valence-corrected chi connectivity index (χ3v) is 2.49. The SMILES string of the molecule is Cc1nc(CBr)c(CC#N)cc1OC(F)(F)F. The fourth-order valence-electron chi connectivity index (χ4n) is 1.26. The van der Waals surface area contributed by atoms with E-state index in [9.17, 15) is 13.2 Å². The summed E-state index contributed by atoms with van der Waals surface area (Å²) in [5.74, 6) is -0.368. The molecule has 0 bridgehead atoms. The second-order valence-corrected chi connectivity index (χ2v) is 3.75. The zero-order valence-electron chi connectivity index (χ0n) is 8.81. The van der Waals surface area contributed by atoms with Crippen LogP contribution in [0.15, 0.2) is 6.07 Å². The van der Waals surface area contributed by atoms with E-state index in [1.165, 1.54) is 13.0 Å². The van der Waals surface area contributed by atoms with Gasteiger partial charge in [-0.1, -0.05) is 15.9 Å². The predicted octanol–water partition coefficient (Wildman–Crippen LogP) is 3.25. The van der Waals surface area contributed by atoms with Crippen molar-refractivity contribution in [2.45, 2.75) is 25.0 Å². The molecule has 0 aliphatic carbocycles. The molecule has 0 atom stereocenters. The van der Waals surface area contributed by atoms with Crippen molar-refractivity contribution in [1.82, 2.24) is 4.98 Å². The van der Waals surface area contributed by atoms with Crippen molar-refractivity contribution in [3.05, 3.63) is 23.0 Å². The Morgan fingerprint density at radius 2 is 2.18 bits per heavy atom. The van der Waals surface area contributed by atoms with Gasteiger partial charge in [-0.25, -0.2) is 0 Å².